The Morgan fingerprint density at radius 1 is 0.951 bits per heavy atom. The summed E-state index contributed by atoms with van der Waals surface area (Å²) >= 11 is 0. The van der Waals surface area contributed by atoms with Gasteiger partial charge in [0, 0.05) is 25.6 Å². The van der Waals surface area contributed by atoms with Crippen LogP contribution in [-0.2, 0) is 28.5 Å². The molecule has 1 N–H and O–H groups in total. The molecule has 0 aromatic heterocycles. The minimum Gasteiger partial charge on any atom is -0.469 e. The second-order valence-corrected chi connectivity index (χ2v) is 12.6. The van der Waals surface area contributed by atoms with Crippen LogP contribution in [0.15, 0.2) is 24.3 Å². The van der Waals surface area contributed by atoms with Crippen LogP contribution in [0.1, 0.15) is 110 Å². The molecule has 4 rings (SSSR count). The smallest absolute Gasteiger partial charge is 0.308 e. The molecule has 8 atom stereocenters. The third-order valence-electron chi connectivity index (χ3n) is 9.63. The molecular weight excluding hydrogens is 520 g/mol. The number of hydrogen-bond acceptors (Lipinski definition) is 7. The van der Waals surface area contributed by atoms with Crippen molar-refractivity contribution in [1.82, 2.24) is 0 Å². The number of esters is 1. The maximum atomic E-state index is 12.4. The van der Waals surface area contributed by atoms with Gasteiger partial charge in [0.15, 0.2) is 12.6 Å². The van der Waals surface area contributed by atoms with Gasteiger partial charge in [0.05, 0.1) is 31.3 Å². The maximum Gasteiger partial charge on any atom is 0.308 e. The van der Waals surface area contributed by atoms with Crippen molar-refractivity contribution in [2.75, 3.05) is 20.3 Å². The summed E-state index contributed by atoms with van der Waals surface area (Å²) in [4.78, 5) is 12.4. The van der Waals surface area contributed by atoms with Gasteiger partial charge in [-0.3, -0.25) is 4.79 Å². The van der Waals surface area contributed by atoms with E-state index >= 15 is 0 Å². The van der Waals surface area contributed by atoms with E-state index in [-0.39, 0.29) is 48.5 Å². The zero-order chi connectivity index (χ0) is 28.9. The molecule has 41 heavy (non-hydrogen) atoms. The summed E-state index contributed by atoms with van der Waals surface area (Å²) in [6, 6.07) is 0. The molecule has 0 radical (unpaired) electrons. The van der Waals surface area contributed by atoms with Crippen molar-refractivity contribution in [2.45, 2.75) is 141 Å². The van der Waals surface area contributed by atoms with Crippen LogP contribution in [0.2, 0.25) is 0 Å². The summed E-state index contributed by atoms with van der Waals surface area (Å²) in [5.41, 5.74) is 0. The molecule has 4 fully saturated rings. The standard InChI is InChI=1S/C34H56O7/c1-3-13-26(40-32-18-9-11-22-38-32)20-21-29-28(30(35)24-31(29)41-33-19-10-12-23-39-33)17-6-4-5-16-27(34(36)37-2)25-14-7-8-15-25/h4,6,20-21,25-33,35H,3,5,7-19,22-24H2,1-2H3/b6-4-,21-20+/t26-,27?,28-,29-,30+,31-,32?,33?/m1/s1. The van der Waals surface area contributed by atoms with Gasteiger partial charge in [-0.05, 0) is 88.9 Å². The van der Waals surface area contributed by atoms with Crippen LogP contribution in [0.25, 0.3) is 0 Å². The van der Waals surface area contributed by atoms with Gasteiger partial charge in [-0.15, -0.1) is 0 Å². The van der Waals surface area contributed by atoms with Crippen molar-refractivity contribution in [3.05, 3.63) is 24.3 Å². The Labute approximate surface area is 248 Å². The van der Waals surface area contributed by atoms with Gasteiger partial charge >= 0.3 is 5.97 Å². The molecule has 2 saturated heterocycles. The highest BCUT2D eigenvalue weighted by Gasteiger charge is 2.42. The van der Waals surface area contributed by atoms with Crippen LogP contribution in [0.3, 0.4) is 0 Å². The lowest BCUT2D eigenvalue weighted by atomic mass is 9.86. The van der Waals surface area contributed by atoms with Gasteiger partial charge < -0.3 is 28.8 Å². The van der Waals surface area contributed by atoms with E-state index < -0.39 is 6.10 Å². The molecule has 0 aromatic rings. The molecular formula is C34H56O7. The van der Waals surface area contributed by atoms with E-state index in [4.69, 9.17) is 23.7 Å². The summed E-state index contributed by atoms with van der Waals surface area (Å²) in [5, 5.41) is 11.2. The highest BCUT2D eigenvalue weighted by Crippen LogP contribution is 2.40. The molecule has 4 aliphatic rings. The first-order chi connectivity index (χ1) is 20.1. The molecule has 2 heterocycles. The molecule has 0 spiro atoms. The lowest BCUT2D eigenvalue weighted by Crippen LogP contribution is -2.31. The van der Waals surface area contributed by atoms with Gasteiger partial charge in [0.1, 0.15) is 0 Å². The predicted octanol–water partition coefficient (Wildman–Crippen LogP) is 6.87. The Kier molecular flexibility index (Phi) is 14.2. The molecule has 0 bridgehead atoms. The highest BCUT2D eigenvalue weighted by molar-refractivity contribution is 5.72. The summed E-state index contributed by atoms with van der Waals surface area (Å²) in [7, 11) is 1.50. The van der Waals surface area contributed by atoms with E-state index in [1.165, 1.54) is 20.0 Å². The number of carbonyl (C=O) groups is 1. The van der Waals surface area contributed by atoms with E-state index in [0.717, 1.165) is 96.7 Å². The number of hydrogen-bond donors (Lipinski definition) is 1. The molecule has 3 unspecified atom stereocenters. The fourth-order valence-corrected chi connectivity index (χ4v) is 7.31. The number of rotatable bonds is 15. The molecule has 234 valence electrons. The van der Waals surface area contributed by atoms with Crippen molar-refractivity contribution >= 4 is 5.97 Å². The van der Waals surface area contributed by atoms with E-state index in [0.29, 0.717) is 12.3 Å². The van der Waals surface area contributed by atoms with Gasteiger partial charge in [0.25, 0.3) is 0 Å². The number of ether oxygens (including phenoxy) is 5. The van der Waals surface area contributed by atoms with Crippen molar-refractivity contribution < 1.29 is 33.6 Å². The van der Waals surface area contributed by atoms with Crippen LogP contribution in [-0.4, -0.2) is 62.3 Å². The molecule has 7 heteroatoms. The van der Waals surface area contributed by atoms with Gasteiger partial charge in [-0.25, -0.2) is 0 Å². The quantitative estimate of drug-likeness (QED) is 0.168. The Morgan fingerprint density at radius 2 is 1.66 bits per heavy atom. The summed E-state index contributed by atoms with van der Waals surface area (Å²) in [6.45, 7) is 3.70. The minimum absolute atomic E-state index is 0.00295. The molecule has 0 aromatic carbocycles. The van der Waals surface area contributed by atoms with Crippen LogP contribution >= 0.6 is 0 Å². The second kappa shape index (κ2) is 17.8. The second-order valence-electron chi connectivity index (χ2n) is 12.6. The highest BCUT2D eigenvalue weighted by atomic mass is 16.7. The van der Waals surface area contributed by atoms with Gasteiger partial charge in [0.2, 0.25) is 0 Å². The number of aliphatic hydroxyl groups is 1. The Hall–Kier alpha value is -1.25. The summed E-state index contributed by atoms with van der Waals surface area (Å²) in [5.74, 6) is 0.539. The first-order valence-electron chi connectivity index (χ1n) is 16.7. The SMILES string of the molecule is CCC[C@H](/C=C/[C@@H]1[C@@H](C/C=C\CCC(C(=O)OC)C2CCCC2)[C@@H](O)C[C@H]1OC1CCCCO1)OC1CCCCO1. The molecule has 2 aliphatic carbocycles. The lowest BCUT2D eigenvalue weighted by molar-refractivity contribution is -0.193. The van der Waals surface area contributed by atoms with Gasteiger partial charge in [-0.1, -0.05) is 50.5 Å². The van der Waals surface area contributed by atoms with Crippen molar-refractivity contribution in [2.24, 2.45) is 23.7 Å². The van der Waals surface area contributed by atoms with Crippen LogP contribution in [0, 0.1) is 23.7 Å². The summed E-state index contributed by atoms with van der Waals surface area (Å²) < 4.78 is 29.7. The number of aliphatic hydroxyl groups excluding tert-OH is 1. The molecule has 0 amide bonds. The normalized spacial score (nSPS) is 33.0. The molecule has 7 nitrogen and oxygen atoms in total. The van der Waals surface area contributed by atoms with Crippen molar-refractivity contribution in [3.8, 4) is 0 Å². The Morgan fingerprint density at radius 3 is 2.32 bits per heavy atom. The lowest BCUT2D eigenvalue weighted by Gasteiger charge is -2.30. The fourth-order valence-electron chi connectivity index (χ4n) is 7.31. The minimum atomic E-state index is -0.434. The molecule has 2 saturated carbocycles. The monoisotopic (exact) mass is 576 g/mol. The van der Waals surface area contributed by atoms with Crippen molar-refractivity contribution in [1.29, 1.82) is 0 Å². The zero-order valence-corrected chi connectivity index (χ0v) is 25.6. The predicted molar refractivity (Wildman–Crippen MR) is 159 cm³/mol. The van der Waals surface area contributed by atoms with Crippen LogP contribution in [0.4, 0.5) is 0 Å². The van der Waals surface area contributed by atoms with Gasteiger partial charge in [-0.2, -0.15) is 0 Å². The number of allylic oxidation sites excluding steroid dienone is 2. The topological polar surface area (TPSA) is 83.5 Å². The van der Waals surface area contributed by atoms with E-state index in [1.807, 2.05) is 0 Å². The van der Waals surface area contributed by atoms with E-state index in [9.17, 15) is 9.90 Å². The maximum absolute atomic E-state index is 12.4. The van der Waals surface area contributed by atoms with E-state index in [1.54, 1.807) is 0 Å². The summed E-state index contributed by atoms with van der Waals surface area (Å²) in [6.07, 6.45) is 24.1. The van der Waals surface area contributed by atoms with E-state index in [2.05, 4.69) is 31.2 Å². The molecule has 2 aliphatic heterocycles. The fraction of sp³-hybridized carbons (Fsp3) is 0.853. The average Bonchev–Trinajstić information content (AvgIpc) is 3.62. The zero-order valence-electron chi connectivity index (χ0n) is 25.6. The van der Waals surface area contributed by atoms with Crippen LogP contribution < -0.4 is 0 Å². The Balaban J connectivity index is 1.38. The first-order valence-corrected chi connectivity index (χ1v) is 16.7. The third kappa shape index (κ3) is 10.2. The first kappa shape index (κ1) is 32.7. The number of methoxy groups -OCH3 is 1. The Bertz CT molecular complexity index is 795. The van der Waals surface area contributed by atoms with Crippen LogP contribution in [0.5, 0.6) is 0 Å². The largest absolute Gasteiger partial charge is 0.469 e. The third-order valence-corrected chi connectivity index (χ3v) is 9.63. The number of carbonyl (C=O) groups excluding carboxylic acids is 1. The van der Waals surface area contributed by atoms with Crippen molar-refractivity contribution in [3.63, 3.8) is 0 Å². The average molecular weight is 577 g/mol.